The Kier molecular flexibility index (Phi) is 4.25. The number of hydrogen-bond acceptors (Lipinski definition) is 3. The summed E-state index contributed by atoms with van der Waals surface area (Å²) >= 11 is 1.80. The van der Waals surface area contributed by atoms with Gasteiger partial charge >= 0.3 is 0 Å². The molecule has 2 aliphatic carbocycles. The molecule has 2 atom stereocenters. The minimum atomic E-state index is 0.477. The van der Waals surface area contributed by atoms with Gasteiger partial charge in [0.05, 0.1) is 6.10 Å². The Morgan fingerprint density at radius 2 is 2.26 bits per heavy atom. The quantitative estimate of drug-likeness (QED) is 0.859. The summed E-state index contributed by atoms with van der Waals surface area (Å²) in [5.74, 6) is 0. The molecule has 2 unspecified atom stereocenters. The molecule has 0 saturated heterocycles. The van der Waals surface area contributed by atoms with Gasteiger partial charge in [-0.05, 0) is 61.5 Å². The summed E-state index contributed by atoms with van der Waals surface area (Å²) in [4.78, 5) is 0. The Morgan fingerprint density at radius 1 is 1.42 bits per heavy atom. The topological polar surface area (TPSA) is 21.3 Å². The second-order valence-electron chi connectivity index (χ2n) is 6.01. The van der Waals surface area contributed by atoms with E-state index in [0.717, 1.165) is 19.6 Å². The predicted molar refractivity (Wildman–Crippen MR) is 80.7 cm³/mol. The molecule has 2 aliphatic rings. The molecule has 1 aromatic heterocycles. The molecule has 1 heterocycles. The smallest absolute Gasteiger partial charge is 0.0661 e. The van der Waals surface area contributed by atoms with Gasteiger partial charge in [-0.2, -0.15) is 11.3 Å². The summed E-state index contributed by atoms with van der Waals surface area (Å²) in [6.07, 6.45) is 8.44. The van der Waals surface area contributed by atoms with Crippen molar-refractivity contribution in [3.8, 4) is 0 Å². The second-order valence-corrected chi connectivity index (χ2v) is 6.79. The molecular formula is C16H25NOS. The fourth-order valence-corrected chi connectivity index (χ4v) is 4.70. The predicted octanol–water partition coefficient (Wildman–Crippen LogP) is 3.62. The third-order valence-electron chi connectivity index (χ3n) is 5.07. The molecule has 0 radical (unpaired) electrons. The molecule has 1 N–H and O–H groups in total. The summed E-state index contributed by atoms with van der Waals surface area (Å²) in [7, 11) is 0. The first-order chi connectivity index (χ1) is 9.35. The average molecular weight is 279 g/mol. The summed E-state index contributed by atoms with van der Waals surface area (Å²) < 4.78 is 5.96. The molecular weight excluding hydrogens is 254 g/mol. The molecule has 2 nitrogen and oxygen atoms in total. The molecule has 1 spiro atoms. The van der Waals surface area contributed by atoms with Gasteiger partial charge in [-0.15, -0.1) is 0 Å². The van der Waals surface area contributed by atoms with Crippen LogP contribution >= 0.6 is 11.3 Å². The van der Waals surface area contributed by atoms with Gasteiger partial charge in [-0.1, -0.05) is 12.8 Å². The van der Waals surface area contributed by atoms with Crippen LogP contribution in [0.5, 0.6) is 0 Å². The first-order valence-corrected chi connectivity index (χ1v) is 8.65. The highest BCUT2D eigenvalue weighted by Crippen LogP contribution is 2.54. The summed E-state index contributed by atoms with van der Waals surface area (Å²) in [6, 6.07) is 2.94. The third kappa shape index (κ3) is 2.61. The Hall–Kier alpha value is -0.380. The van der Waals surface area contributed by atoms with Gasteiger partial charge in [0.15, 0.2) is 0 Å². The van der Waals surface area contributed by atoms with Crippen LogP contribution in [0.2, 0.25) is 0 Å². The van der Waals surface area contributed by atoms with Gasteiger partial charge in [0, 0.05) is 18.1 Å². The van der Waals surface area contributed by atoms with Crippen molar-refractivity contribution in [2.75, 3.05) is 13.2 Å². The van der Waals surface area contributed by atoms with Gasteiger partial charge in [0.1, 0.15) is 0 Å². The van der Waals surface area contributed by atoms with E-state index in [-0.39, 0.29) is 0 Å². The van der Waals surface area contributed by atoms with Crippen LogP contribution in [0.1, 0.15) is 44.6 Å². The zero-order chi connectivity index (χ0) is 13.1. The van der Waals surface area contributed by atoms with E-state index in [4.69, 9.17) is 4.74 Å². The number of thiophene rings is 1. The highest BCUT2D eigenvalue weighted by atomic mass is 32.1. The maximum Gasteiger partial charge on any atom is 0.0661 e. The van der Waals surface area contributed by atoms with Crippen LogP contribution < -0.4 is 5.32 Å². The lowest BCUT2D eigenvalue weighted by Crippen LogP contribution is -2.62. The molecule has 0 bridgehead atoms. The molecule has 0 aliphatic heterocycles. The fraction of sp³-hybridized carbons (Fsp3) is 0.750. The SMILES string of the molecule is CCOC1CC(NCCc2ccsc2)C12CCCC2. The molecule has 0 aromatic carbocycles. The van der Waals surface area contributed by atoms with E-state index in [9.17, 15) is 0 Å². The molecule has 2 fully saturated rings. The van der Waals surface area contributed by atoms with E-state index in [1.807, 2.05) is 0 Å². The molecule has 0 amide bonds. The van der Waals surface area contributed by atoms with Crippen LogP contribution in [-0.2, 0) is 11.2 Å². The van der Waals surface area contributed by atoms with Crippen molar-refractivity contribution in [1.29, 1.82) is 0 Å². The summed E-state index contributed by atoms with van der Waals surface area (Å²) in [5.41, 5.74) is 1.95. The molecule has 3 heteroatoms. The van der Waals surface area contributed by atoms with Gasteiger partial charge in [0.2, 0.25) is 0 Å². The van der Waals surface area contributed by atoms with Crippen molar-refractivity contribution in [2.24, 2.45) is 5.41 Å². The lowest BCUT2D eigenvalue weighted by molar-refractivity contribution is -0.130. The minimum absolute atomic E-state index is 0.477. The molecule has 19 heavy (non-hydrogen) atoms. The van der Waals surface area contributed by atoms with Crippen LogP contribution in [-0.4, -0.2) is 25.3 Å². The van der Waals surface area contributed by atoms with Gasteiger partial charge < -0.3 is 10.1 Å². The lowest BCUT2D eigenvalue weighted by Gasteiger charge is -2.54. The maximum atomic E-state index is 5.96. The highest BCUT2D eigenvalue weighted by Gasteiger charge is 2.56. The molecule has 1 aromatic rings. The highest BCUT2D eigenvalue weighted by molar-refractivity contribution is 7.07. The second kappa shape index (κ2) is 5.94. The Bertz CT molecular complexity index is 383. The first kappa shape index (κ1) is 13.6. The van der Waals surface area contributed by atoms with Crippen LogP contribution in [0.4, 0.5) is 0 Å². The van der Waals surface area contributed by atoms with Gasteiger partial charge in [-0.3, -0.25) is 0 Å². The van der Waals surface area contributed by atoms with Crippen LogP contribution in [0.15, 0.2) is 16.8 Å². The molecule has 3 rings (SSSR count). The van der Waals surface area contributed by atoms with Crippen molar-refractivity contribution in [3.63, 3.8) is 0 Å². The monoisotopic (exact) mass is 279 g/mol. The number of nitrogens with one attached hydrogen (secondary N) is 1. The standard InChI is InChI=1S/C16H25NOS/c1-2-18-15-11-14(16(15)7-3-4-8-16)17-9-5-13-6-10-19-12-13/h6,10,12,14-15,17H,2-5,7-9,11H2,1H3. The van der Waals surface area contributed by atoms with E-state index < -0.39 is 0 Å². The first-order valence-electron chi connectivity index (χ1n) is 7.71. The van der Waals surface area contributed by atoms with Crippen LogP contribution in [0, 0.1) is 5.41 Å². The number of ether oxygens (including phenoxy) is 1. The van der Waals surface area contributed by atoms with Crippen molar-refractivity contribution >= 4 is 11.3 Å². The van der Waals surface area contributed by atoms with Crippen LogP contribution in [0.25, 0.3) is 0 Å². The third-order valence-corrected chi connectivity index (χ3v) is 5.80. The zero-order valence-corrected chi connectivity index (χ0v) is 12.7. The van der Waals surface area contributed by atoms with Gasteiger partial charge in [0.25, 0.3) is 0 Å². The minimum Gasteiger partial charge on any atom is -0.378 e. The number of hydrogen-bond donors (Lipinski definition) is 1. The normalized spacial score (nSPS) is 28.7. The van der Waals surface area contributed by atoms with Crippen LogP contribution in [0.3, 0.4) is 0 Å². The van der Waals surface area contributed by atoms with Crippen molar-refractivity contribution < 1.29 is 4.74 Å². The largest absolute Gasteiger partial charge is 0.378 e. The molecule has 2 saturated carbocycles. The Labute approximate surface area is 120 Å². The van der Waals surface area contributed by atoms with E-state index in [1.165, 1.54) is 37.7 Å². The Balaban J connectivity index is 1.51. The van der Waals surface area contributed by atoms with E-state index >= 15 is 0 Å². The van der Waals surface area contributed by atoms with Gasteiger partial charge in [-0.25, -0.2) is 0 Å². The Morgan fingerprint density at radius 3 is 2.95 bits per heavy atom. The van der Waals surface area contributed by atoms with E-state index in [2.05, 4.69) is 29.1 Å². The van der Waals surface area contributed by atoms with E-state index in [0.29, 0.717) is 17.6 Å². The van der Waals surface area contributed by atoms with Crippen molar-refractivity contribution in [1.82, 2.24) is 5.32 Å². The maximum absolute atomic E-state index is 5.96. The number of rotatable bonds is 6. The van der Waals surface area contributed by atoms with Crippen molar-refractivity contribution in [3.05, 3.63) is 22.4 Å². The van der Waals surface area contributed by atoms with Crippen molar-refractivity contribution in [2.45, 2.75) is 57.6 Å². The zero-order valence-electron chi connectivity index (χ0n) is 11.9. The van der Waals surface area contributed by atoms with E-state index in [1.54, 1.807) is 11.3 Å². The summed E-state index contributed by atoms with van der Waals surface area (Å²) in [5, 5.41) is 8.23. The fourth-order valence-electron chi connectivity index (χ4n) is 4.00. The summed E-state index contributed by atoms with van der Waals surface area (Å²) in [6.45, 7) is 4.11. The average Bonchev–Trinajstić information content (AvgIpc) is 3.09. The molecule has 106 valence electrons. The lowest BCUT2D eigenvalue weighted by atomic mass is 9.60.